The molecule has 3 aromatic rings. The van der Waals surface area contributed by atoms with Gasteiger partial charge in [0.2, 0.25) is 0 Å². The van der Waals surface area contributed by atoms with E-state index in [1.54, 1.807) is 31.2 Å². The Hall–Kier alpha value is -3.71. The van der Waals surface area contributed by atoms with Gasteiger partial charge in [0.1, 0.15) is 0 Å². The molecule has 0 saturated heterocycles. The van der Waals surface area contributed by atoms with Crippen molar-refractivity contribution in [2.45, 2.75) is 13.0 Å². The quantitative estimate of drug-likeness (QED) is 0.468. The summed E-state index contributed by atoms with van der Waals surface area (Å²) in [6.07, 6.45) is 0. The zero-order chi connectivity index (χ0) is 19.8. The number of hydrogen-bond donors (Lipinski definition) is 0. The molecule has 0 fully saturated rings. The Kier molecular flexibility index (Phi) is 6.33. The maximum Gasteiger partial charge on any atom is 0.335 e. The maximum absolute atomic E-state index is 12.7. The third-order valence-corrected chi connectivity index (χ3v) is 4.22. The molecule has 0 aliphatic rings. The van der Waals surface area contributed by atoms with Crippen LogP contribution in [0.4, 0.5) is 0 Å². The molecule has 0 aliphatic carbocycles. The van der Waals surface area contributed by atoms with Crippen LogP contribution in [0.15, 0.2) is 89.9 Å². The van der Waals surface area contributed by atoms with Gasteiger partial charge < -0.3 is 4.74 Å². The number of nitriles is 1. The van der Waals surface area contributed by atoms with Crippen molar-refractivity contribution in [3.05, 3.63) is 107 Å². The van der Waals surface area contributed by atoms with Crippen LogP contribution in [0.3, 0.4) is 0 Å². The highest BCUT2D eigenvalue weighted by molar-refractivity contribution is 6.13. The van der Waals surface area contributed by atoms with Crippen LogP contribution in [-0.2, 0) is 9.53 Å². The third kappa shape index (κ3) is 4.52. The highest BCUT2D eigenvalue weighted by atomic mass is 16.5. The van der Waals surface area contributed by atoms with Gasteiger partial charge in [-0.3, -0.25) is 4.99 Å². The Balaban J connectivity index is 2.13. The van der Waals surface area contributed by atoms with E-state index in [9.17, 15) is 4.79 Å². The summed E-state index contributed by atoms with van der Waals surface area (Å²) < 4.78 is 5.28. The van der Waals surface area contributed by atoms with E-state index in [1.807, 2.05) is 60.7 Å². The van der Waals surface area contributed by atoms with Crippen LogP contribution in [0.5, 0.6) is 0 Å². The molecule has 0 heterocycles. The lowest BCUT2D eigenvalue weighted by molar-refractivity contribution is -0.144. The van der Waals surface area contributed by atoms with Crippen molar-refractivity contribution in [2.24, 2.45) is 4.99 Å². The van der Waals surface area contributed by atoms with Gasteiger partial charge in [-0.05, 0) is 24.6 Å². The van der Waals surface area contributed by atoms with E-state index in [4.69, 9.17) is 15.0 Å². The second-order valence-electron chi connectivity index (χ2n) is 6.10. The zero-order valence-corrected chi connectivity index (χ0v) is 15.6. The zero-order valence-electron chi connectivity index (χ0n) is 15.6. The normalized spacial score (nSPS) is 11.1. The fraction of sp³-hybridized carbons (Fsp3) is 0.125. The molecule has 0 N–H and O–H groups in total. The molecule has 3 rings (SSSR count). The first-order valence-corrected chi connectivity index (χ1v) is 9.08. The molecule has 4 nitrogen and oxygen atoms in total. The summed E-state index contributed by atoms with van der Waals surface area (Å²) in [4.78, 5) is 17.5. The van der Waals surface area contributed by atoms with Crippen molar-refractivity contribution in [3.8, 4) is 6.07 Å². The molecule has 0 spiro atoms. The highest BCUT2D eigenvalue weighted by Gasteiger charge is 2.23. The second-order valence-corrected chi connectivity index (χ2v) is 6.10. The summed E-state index contributed by atoms with van der Waals surface area (Å²) in [5.41, 5.74) is 3.75. The average Bonchev–Trinajstić information content (AvgIpc) is 2.76. The first-order chi connectivity index (χ1) is 13.7. The van der Waals surface area contributed by atoms with E-state index in [2.05, 4.69) is 6.07 Å². The van der Waals surface area contributed by atoms with E-state index in [1.165, 1.54) is 0 Å². The van der Waals surface area contributed by atoms with E-state index in [0.717, 1.165) is 11.1 Å². The predicted molar refractivity (Wildman–Crippen MR) is 109 cm³/mol. The SMILES string of the molecule is CCOC(=O)C(N=C(c1ccccc1)c1ccccc1)c1ccc(C#N)cc1. The van der Waals surface area contributed by atoms with Gasteiger partial charge in [0, 0.05) is 11.1 Å². The molecule has 0 amide bonds. The lowest BCUT2D eigenvalue weighted by Gasteiger charge is -2.15. The fourth-order valence-electron chi connectivity index (χ4n) is 2.86. The number of hydrogen-bond acceptors (Lipinski definition) is 4. The Labute approximate surface area is 164 Å². The second kappa shape index (κ2) is 9.29. The topological polar surface area (TPSA) is 62.4 Å². The van der Waals surface area contributed by atoms with Crippen LogP contribution in [0, 0.1) is 11.3 Å². The summed E-state index contributed by atoms with van der Waals surface area (Å²) >= 11 is 0. The minimum atomic E-state index is -0.817. The minimum absolute atomic E-state index is 0.271. The monoisotopic (exact) mass is 368 g/mol. The van der Waals surface area contributed by atoms with E-state index in [0.29, 0.717) is 16.8 Å². The van der Waals surface area contributed by atoms with Gasteiger partial charge in [-0.2, -0.15) is 5.26 Å². The van der Waals surface area contributed by atoms with Gasteiger partial charge in [0.05, 0.1) is 24.0 Å². The van der Waals surface area contributed by atoms with Crippen molar-refractivity contribution < 1.29 is 9.53 Å². The number of nitrogens with zero attached hydrogens (tertiary/aromatic N) is 2. The molecule has 0 aromatic heterocycles. The van der Waals surface area contributed by atoms with Crippen molar-refractivity contribution in [1.29, 1.82) is 5.26 Å². The first-order valence-electron chi connectivity index (χ1n) is 9.08. The molecule has 28 heavy (non-hydrogen) atoms. The molecular weight excluding hydrogens is 348 g/mol. The van der Waals surface area contributed by atoms with Gasteiger partial charge in [-0.15, -0.1) is 0 Å². The lowest BCUT2D eigenvalue weighted by Crippen LogP contribution is -2.17. The van der Waals surface area contributed by atoms with Gasteiger partial charge >= 0.3 is 5.97 Å². The molecule has 0 radical (unpaired) electrons. The number of carbonyl (C=O) groups is 1. The molecule has 0 saturated carbocycles. The summed E-state index contributed by atoms with van der Waals surface area (Å²) in [7, 11) is 0. The standard InChI is InChI=1S/C24H20N2O2/c1-2-28-24(27)23(21-15-13-18(17-25)14-16-21)26-22(19-9-5-3-6-10-19)20-11-7-4-8-12-20/h3-16,23H,2H2,1H3. The number of ether oxygens (including phenoxy) is 1. The van der Waals surface area contributed by atoms with Crippen LogP contribution < -0.4 is 0 Å². The van der Waals surface area contributed by atoms with Gasteiger partial charge in [0.15, 0.2) is 6.04 Å². The number of aliphatic imine (C=N–C) groups is 1. The van der Waals surface area contributed by atoms with Crippen molar-refractivity contribution in [1.82, 2.24) is 0 Å². The molecule has 4 heteroatoms. The predicted octanol–water partition coefficient (Wildman–Crippen LogP) is 4.70. The van der Waals surface area contributed by atoms with E-state index in [-0.39, 0.29) is 6.61 Å². The van der Waals surface area contributed by atoms with Gasteiger partial charge in [0.25, 0.3) is 0 Å². The van der Waals surface area contributed by atoms with E-state index >= 15 is 0 Å². The smallest absolute Gasteiger partial charge is 0.335 e. The maximum atomic E-state index is 12.7. The van der Waals surface area contributed by atoms with Gasteiger partial charge in [-0.1, -0.05) is 72.8 Å². The summed E-state index contributed by atoms with van der Waals surface area (Å²) in [6.45, 7) is 2.04. The molecular formula is C24H20N2O2. The van der Waals surface area contributed by atoms with Crippen LogP contribution in [-0.4, -0.2) is 18.3 Å². The Morgan fingerprint density at radius 3 is 1.93 bits per heavy atom. The number of esters is 1. The van der Waals surface area contributed by atoms with E-state index < -0.39 is 12.0 Å². The minimum Gasteiger partial charge on any atom is -0.464 e. The molecule has 1 unspecified atom stereocenters. The molecule has 138 valence electrons. The number of rotatable bonds is 6. The summed E-state index contributed by atoms with van der Waals surface area (Å²) in [6, 6.07) is 27.6. The number of carbonyl (C=O) groups excluding carboxylic acids is 1. The number of benzene rings is 3. The summed E-state index contributed by atoms with van der Waals surface area (Å²) in [5.74, 6) is -0.420. The molecule has 0 bridgehead atoms. The lowest BCUT2D eigenvalue weighted by atomic mass is 10.0. The average molecular weight is 368 g/mol. The Morgan fingerprint density at radius 1 is 0.929 bits per heavy atom. The third-order valence-electron chi connectivity index (χ3n) is 4.22. The highest BCUT2D eigenvalue weighted by Crippen LogP contribution is 2.23. The van der Waals surface area contributed by atoms with Crippen LogP contribution >= 0.6 is 0 Å². The Bertz CT molecular complexity index is 947. The van der Waals surface area contributed by atoms with Gasteiger partial charge in [-0.25, -0.2) is 4.79 Å². The van der Waals surface area contributed by atoms with Crippen LogP contribution in [0.1, 0.15) is 35.2 Å². The molecule has 1 atom stereocenters. The van der Waals surface area contributed by atoms with Crippen molar-refractivity contribution in [3.63, 3.8) is 0 Å². The largest absolute Gasteiger partial charge is 0.464 e. The molecule has 3 aromatic carbocycles. The van der Waals surface area contributed by atoms with Crippen LogP contribution in [0.25, 0.3) is 0 Å². The first kappa shape index (κ1) is 19.1. The fourth-order valence-corrected chi connectivity index (χ4v) is 2.86. The Morgan fingerprint density at radius 2 is 1.46 bits per heavy atom. The summed E-state index contributed by atoms with van der Waals surface area (Å²) in [5, 5.41) is 9.03. The van der Waals surface area contributed by atoms with Crippen molar-refractivity contribution >= 4 is 11.7 Å². The molecule has 0 aliphatic heterocycles. The van der Waals surface area contributed by atoms with Crippen molar-refractivity contribution in [2.75, 3.05) is 6.61 Å². The van der Waals surface area contributed by atoms with Crippen LogP contribution in [0.2, 0.25) is 0 Å².